The monoisotopic (exact) mass is 226 g/mol. The topological polar surface area (TPSA) is 46.5 Å². The molecule has 0 bridgehead atoms. The number of carbonyl (C=O) groups is 1. The first kappa shape index (κ1) is 12.1. The smallest absolute Gasteiger partial charge is 0.126 e. The fourth-order valence-electron chi connectivity index (χ4n) is 3.52. The number of carbonyl (C=O) groups excluding carboxylic acids is 1. The average Bonchev–Trinajstić information content (AvgIpc) is 2.29. The van der Waals surface area contributed by atoms with Crippen LogP contribution in [0, 0.1) is 11.3 Å². The zero-order valence-corrected chi connectivity index (χ0v) is 10.1. The first-order valence-electron chi connectivity index (χ1n) is 6.37. The zero-order chi connectivity index (χ0) is 11.6. The molecule has 2 fully saturated rings. The molecule has 16 heavy (non-hydrogen) atoms. The third-order valence-electron chi connectivity index (χ3n) is 4.53. The van der Waals surface area contributed by atoms with Crippen molar-refractivity contribution >= 4 is 6.29 Å². The van der Waals surface area contributed by atoms with Gasteiger partial charge in [-0.05, 0) is 38.5 Å². The summed E-state index contributed by atoms with van der Waals surface area (Å²) in [7, 11) is 0. The van der Waals surface area contributed by atoms with Crippen molar-refractivity contribution < 1.29 is 14.6 Å². The molecule has 0 aromatic carbocycles. The summed E-state index contributed by atoms with van der Waals surface area (Å²) in [6.45, 7) is 3.22. The van der Waals surface area contributed by atoms with Crippen LogP contribution in [-0.4, -0.2) is 30.2 Å². The van der Waals surface area contributed by atoms with Gasteiger partial charge in [-0.25, -0.2) is 0 Å². The summed E-state index contributed by atoms with van der Waals surface area (Å²) in [5.41, 5.74) is -1.00. The maximum Gasteiger partial charge on any atom is 0.126 e. The summed E-state index contributed by atoms with van der Waals surface area (Å²) in [5, 5.41) is 10.5. The first-order valence-corrected chi connectivity index (χ1v) is 6.37. The molecule has 0 radical (unpaired) electrons. The molecule has 3 heteroatoms. The highest BCUT2D eigenvalue weighted by Gasteiger charge is 2.49. The fourth-order valence-corrected chi connectivity index (χ4v) is 3.52. The average molecular weight is 226 g/mol. The van der Waals surface area contributed by atoms with Crippen molar-refractivity contribution in [1.82, 2.24) is 0 Å². The molecule has 2 aliphatic rings. The Kier molecular flexibility index (Phi) is 3.36. The molecule has 0 aromatic heterocycles. The van der Waals surface area contributed by atoms with Gasteiger partial charge in [0, 0.05) is 18.6 Å². The Morgan fingerprint density at radius 1 is 1.25 bits per heavy atom. The minimum absolute atomic E-state index is 0.121. The predicted molar refractivity (Wildman–Crippen MR) is 61.1 cm³/mol. The lowest BCUT2D eigenvalue weighted by Gasteiger charge is -2.48. The van der Waals surface area contributed by atoms with Gasteiger partial charge in [-0.15, -0.1) is 0 Å². The van der Waals surface area contributed by atoms with E-state index in [2.05, 4.69) is 0 Å². The van der Waals surface area contributed by atoms with Gasteiger partial charge in [-0.1, -0.05) is 12.8 Å². The van der Waals surface area contributed by atoms with E-state index in [1.807, 2.05) is 6.92 Å². The summed E-state index contributed by atoms with van der Waals surface area (Å²) in [5.74, 6) is 0.121. The van der Waals surface area contributed by atoms with Crippen molar-refractivity contribution in [2.45, 2.75) is 51.0 Å². The number of aldehydes is 1. The summed E-state index contributed by atoms with van der Waals surface area (Å²) < 4.78 is 5.35. The number of hydrogen-bond acceptors (Lipinski definition) is 3. The van der Waals surface area contributed by atoms with Crippen LogP contribution in [0.5, 0.6) is 0 Å². The third kappa shape index (κ3) is 2.03. The van der Waals surface area contributed by atoms with E-state index in [1.165, 1.54) is 0 Å². The lowest BCUT2D eigenvalue weighted by Crippen LogP contribution is -2.50. The summed E-state index contributed by atoms with van der Waals surface area (Å²) in [6, 6.07) is 0. The summed E-state index contributed by atoms with van der Waals surface area (Å²) in [6.07, 6.45) is 6.67. The van der Waals surface area contributed by atoms with Gasteiger partial charge in [0.2, 0.25) is 0 Å². The van der Waals surface area contributed by atoms with Crippen LogP contribution in [0.1, 0.15) is 45.4 Å². The number of ether oxygens (including phenoxy) is 1. The van der Waals surface area contributed by atoms with Crippen molar-refractivity contribution in [3.8, 4) is 0 Å². The van der Waals surface area contributed by atoms with Crippen LogP contribution in [0.2, 0.25) is 0 Å². The number of rotatable bonds is 2. The SMILES string of the molecule is C[C@@]1(O)CCCC[C@H]1C1(C=O)CCOCC1. The molecule has 0 aromatic rings. The molecule has 0 spiro atoms. The normalized spacial score (nSPS) is 39.2. The van der Waals surface area contributed by atoms with E-state index in [4.69, 9.17) is 4.74 Å². The van der Waals surface area contributed by atoms with Crippen molar-refractivity contribution in [2.24, 2.45) is 11.3 Å². The third-order valence-corrected chi connectivity index (χ3v) is 4.53. The van der Waals surface area contributed by atoms with E-state index in [0.717, 1.165) is 44.8 Å². The van der Waals surface area contributed by atoms with E-state index < -0.39 is 5.60 Å². The van der Waals surface area contributed by atoms with Crippen LogP contribution in [-0.2, 0) is 9.53 Å². The molecule has 0 amide bonds. The molecule has 3 nitrogen and oxygen atoms in total. The van der Waals surface area contributed by atoms with Crippen LogP contribution in [0.3, 0.4) is 0 Å². The van der Waals surface area contributed by atoms with E-state index in [0.29, 0.717) is 13.2 Å². The van der Waals surface area contributed by atoms with Crippen LogP contribution in [0.15, 0.2) is 0 Å². The van der Waals surface area contributed by atoms with Gasteiger partial charge >= 0.3 is 0 Å². The molecule has 1 saturated heterocycles. The van der Waals surface area contributed by atoms with E-state index in [1.54, 1.807) is 0 Å². The lowest BCUT2D eigenvalue weighted by molar-refractivity contribution is -0.146. The van der Waals surface area contributed by atoms with Crippen molar-refractivity contribution in [3.63, 3.8) is 0 Å². The largest absolute Gasteiger partial charge is 0.390 e. The van der Waals surface area contributed by atoms with Gasteiger partial charge in [-0.2, -0.15) is 0 Å². The van der Waals surface area contributed by atoms with Crippen LogP contribution < -0.4 is 0 Å². The maximum atomic E-state index is 11.5. The second-order valence-electron chi connectivity index (χ2n) is 5.62. The summed E-state index contributed by atoms with van der Waals surface area (Å²) in [4.78, 5) is 11.5. The predicted octanol–water partition coefficient (Wildman–Crippen LogP) is 1.92. The highest BCUT2D eigenvalue weighted by Crippen LogP contribution is 2.48. The Bertz CT molecular complexity index is 254. The van der Waals surface area contributed by atoms with Crippen LogP contribution >= 0.6 is 0 Å². The Morgan fingerprint density at radius 3 is 2.50 bits per heavy atom. The first-order chi connectivity index (χ1) is 7.61. The Balaban J connectivity index is 2.21. The Hall–Kier alpha value is -0.410. The summed E-state index contributed by atoms with van der Waals surface area (Å²) >= 11 is 0. The van der Waals surface area contributed by atoms with Crippen LogP contribution in [0.4, 0.5) is 0 Å². The minimum atomic E-state index is -0.670. The molecular formula is C13H22O3. The molecule has 2 atom stereocenters. The van der Waals surface area contributed by atoms with Crippen LogP contribution in [0.25, 0.3) is 0 Å². The second kappa shape index (κ2) is 4.46. The lowest BCUT2D eigenvalue weighted by atomic mass is 9.60. The number of aliphatic hydroxyl groups is 1. The van der Waals surface area contributed by atoms with Gasteiger partial charge < -0.3 is 14.6 Å². The zero-order valence-electron chi connectivity index (χ0n) is 10.1. The van der Waals surface area contributed by atoms with Gasteiger partial charge in [0.1, 0.15) is 6.29 Å². The molecule has 1 N–H and O–H groups in total. The van der Waals surface area contributed by atoms with Gasteiger partial charge in [0.15, 0.2) is 0 Å². The molecule has 1 saturated carbocycles. The maximum absolute atomic E-state index is 11.5. The molecule has 1 aliphatic carbocycles. The fraction of sp³-hybridized carbons (Fsp3) is 0.923. The van der Waals surface area contributed by atoms with Gasteiger partial charge in [0.25, 0.3) is 0 Å². The molecule has 2 rings (SSSR count). The van der Waals surface area contributed by atoms with Gasteiger partial charge in [0.05, 0.1) is 5.60 Å². The molecule has 0 unspecified atom stereocenters. The van der Waals surface area contributed by atoms with Crippen molar-refractivity contribution in [1.29, 1.82) is 0 Å². The molecular weight excluding hydrogens is 204 g/mol. The highest BCUT2D eigenvalue weighted by atomic mass is 16.5. The van der Waals surface area contributed by atoms with E-state index >= 15 is 0 Å². The molecule has 1 heterocycles. The highest BCUT2D eigenvalue weighted by molar-refractivity contribution is 5.60. The minimum Gasteiger partial charge on any atom is -0.390 e. The number of hydrogen-bond donors (Lipinski definition) is 1. The second-order valence-corrected chi connectivity index (χ2v) is 5.62. The standard InChI is InChI=1S/C13H22O3/c1-12(15)5-3-2-4-11(12)13(10-14)6-8-16-9-7-13/h10-11,15H,2-9H2,1H3/t11-,12-/m1/s1. The Labute approximate surface area is 97.2 Å². The molecule has 92 valence electrons. The quantitative estimate of drug-likeness (QED) is 0.732. The van der Waals surface area contributed by atoms with E-state index in [9.17, 15) is 9.90 Å². The Morgan fingerprint density at radius 2 is 1.94 bits per heavy atom. The van der Waals surface area contributed by atoms with Crippen molar-refractivity contribution in [2.75, 3.05) is 13.2 Å². The molecule has 1 aliphatic heterocycles. The van der Waals surface area contributed by atoms with E-state index in [-0.39, 0.29) is 11.3 Å². The van der Waals surface area contributed by atoms with Crippen molar-refractivity contribution in [3.05, 3.63) is 0 Å². The van der Waals surface area contributed by atoms with Gasteiger partial charge in [-0.3, -0.25) is 0 Å².